The second-order valence-corrected chi connectivity index (χ2v) is 10.8. The highest BCUT2D eigenvalue weighted by Gasteiger charge is 2.78. The standard InChI is InChI=1S/C26H32FNO3/c1-16-4-3-11-25(2)14-21-22(23-26(16,25)31-23)20(24(29)30-21)15-28-12-9-18(10-13-28)17-5-7-19(27)8-6-17/h5-9,16,20-23H,3-4,10-15H2,1-2H3/t16-,20?,21+,22+,23-,25+,26-/m0/s1. The molecule has 4 nitrogen and oxygen atoms in total. The predicted octanol–water partition coefficient (Wildman–Crippen LogP) is 4.44. The average molecular weight is 426 g/mol. The Balaban J connectivity index is 1.17. The van der Waals surface area contributed by atoms with Gasteiger partial charge in [-0.05, 0) is 54.9 Å². The Morgan fingerprint density at radius 1 is 1.26 bits per heavy atom. The third-order valence-electron chi connectivity index (χ3n) is 9.16. The van der Waals surface area contributed by atoms with Crippen molar-refractivity contribution in [2.75, 3.05) is 19.6 Å². The second kappa shape index (κ2) is 6.89. The first kappa shape index (κ1) is 19.9. The van der Waals surface area contributed by atoms with Crippen molar-refractivity contribution in [3.8, 4) is 0 Å². The highest BCUT2D eigenvalue weighted by molar-refractivity contribution is 5.76. The van der Waals surface area contributed by atoms with Gasteiger partial charge in [0, 0.05) is 31.0 Å². The molecule has 0 aromatic heterocycles. The molecule has 5 heteroatoms. The SMILES string of the molecule is C[C@H]1CCC[C@]2(C)C[C@H]3OC(=O)C(CN4CC=C(c5ccc(F)cc5)CC4)[C@H]3[C@@H]3O[C@@]132. The van der Waals surface area contributed by atoms with E-state index in [2.05, 4.69) is 24.8 Å². The molecule has 31 heavy (non-hydrogen) atoms. The van der Waals surface area contributed by atoms with Gasteiger partial charge in [0.2, 0.25) is 0 Å². The molecule has 0 radical (unpaired) electrons. The molecule has 7 atom stereocenters. The summed E-state index contributed by atoms with van der Waals surface area (Å²) in [6.07, 6.45) is 7.96. The van der Waals surface area contributed by atoms with Gasteiger partial charge >= 0.3 is 5.97 Å². The van der Waals surface area contributed by atoms with Crippen LogP contribution in [0.4, 0.5) is 4.39 Å². The number of fused-ring (bicyclic) bond motifs is 2. The topological polar surface area (TPSA) is 42.1 Å². The van der Waals surface area contributed by atoms with Crippen LogP contribution in [0, 0.1) is 29.0 Å². The van der Waals surface area contributed by atoms with Crippen LogP contribution in [0.2, 0.25) is 0 Å². The summed E-state index contributed by atoms with van der Waals surface area (Å²) in [4.78, 5) is 15.3. The number of epoxide rings is 1. The molecule has 2 saturated carbocycles. The molecule has 4 fully saturated rings. The zero-order valence-electron chi connectivity index (χ0n) is 18.5. The van der Waals surface area contributed by atoms with E-state index >= 15 is 0 Å². The van der Waals surface area contributed by atoms with Crippen LogP contribution in [0.3, 0.4) is 0 Å². The number of esters is 1. The van der Waals surface area contributed by atoms with Crippen LogP contribution >= 0.6 is 0 Å². The maximum Gasteiger partial charge on any atom is 0.311 e. The van der Waals surface area contributed by atoms with Gasteiger partial charge in [-0.1, -0.05) is 38.5 Å². The number of rotatable bonds is 3. The molecule has 5 aliphatic rings. The molecule has 0 N–H and O–H groups in total. The van der Waals surface area contributed by atoms with Crippen LogP contribution in [0.15, 0.2) is 30.3 Å². The van der Waals surface area contributed by atoms with Gasteiger partial charge in [0.1, 0.15) is 17.5 Å². The van der Waals surface area contributed by atoms with Gasteiger partial charge in [-0.25, -0.2) is 4.39 Å². The van der Waals surface area contributed by atoms with Crippen LogP contribution in [0.1, 0.15) is 51.5 Å². The Labute approximate surface area is 183 Å². The van der Waals surface area contributed by atoms with Crippen molar-refractivity contribution in [1.82, 2.24) is 4.90 Å². The molecular weight excluding hydrogens is 393 g/mol. The van der Waals surface area contributed by atoms with Gasteiger partial charge in [0.25, 0.3) is 0 Å². The van der Waals surface area contributed by atoms with Crippen molar-refractivity contribution in [2.45, 2.75) is 63.8 Å². The van der Waals surface area contributed by atoms with Gasteiger partial charge in [-0.2, -0.15) is 0 Å². The van der Waals surface area contributed by atoms with Crippen molar-refractivity contribution in [3.63, 3.8) is 0 Å². The van der Waals surface area contributed by atoms with E-state index in [-0.39, 0.29) is 46.8 Å². The highest BCUT2D eigenvalue weighted by Crippen LogP contribution is 2.70. The minimum atomic E-state index is -0.202. The van der Waals surface area contributed by atoms with Gasteiger partial charge < -0.3 is 9.47 Å². The van der Waals surface area contributed by atoms with E-state index < -0.39 is 0 Å². The van der Waals surface area contributed by atoms with Crippen molar-refractivity contribution in [2.24, 2.45) is 23.2 Å². The molecule has 1 aromatic rings. The Morgan fingerprint density at radius 2 is 2.06 bits per heavy atom. The van der Waals surface area contributed by atoms with Gasteiger partial charge in [-0.3, -0.25) is 9.69 Å². The molecule has 166 valence electrons. The number of carbonyl (C=O) groups is 1. The number of carbonyl (C=O) groups excluding carboxylic acids is 1. The van der Waals surface area contributed by atoms with E-state index in [4.69, 9.17) is 9.47 Å². The molecule has 2 saturated heterocycles. The van der Waals surface area contributed by atoms with Gasteiger partial charge in [-0.15, -0.1) is 0 Å². The Morgan fingerprint density at radius 3 is 2.81 bits per heavy atom. The van der Waals surface area contributed by atoms with Crippen LogP contribution in [-0.4, -0.2) is 48.3 Å². The van der Waals surface area contributed by atoms with Gasteiger partial charge in [0.15, 0.2) is 0 Å². The average Bonchev–Trinajstić information content (AvgIpc) is 3.44. The van der Waals surface area contributed by atoms with Crippen molar-refractivity contribution in [3.05, 3.63) is 41.7 Å². The zero-order chi connectivity index (χ0) is 21.4. The lowest BCUT2D eigenvalue weighted by atomic mass is 9.53. The molecule has 1 aromatic carbocycles. The van der Waals surface area contributed by atoms with Crippen LogP contribution in [-0.2, 0) is 14.3 Å². The fraction of sp³-hybridized carbons (Fsp3) is 0.654. The third-order valence-corrected chi connectivity index (χ3v) is 9.16. The number of benzene rings is 1. The van der Waals surface area contributed by atoms with Crippen LogP contribution < -0.4 is 0 Å². The third kappa shape index (κ3) is 2.88. The van der Waals surface area contributed by atoms with E-state index in [1.54, 1.807) is 0 Å². The van der Waals surface area contributed by atoms with E-state index in [1.165, 1.54) is 37.0 Å². The second-order valence-electron chi connectivity index (χ2n) is 10.8. The lowest BCUT2D eigenvalue weighted by molar-refractivity contribution is -0.146. The van der Waals surface area contributed by atoms with Crippen molar-refractivity contribution >= 4 is 11.5 Å². The highest BCUT2D eigenvalue weighted by atomic mass is 19.1. The number of hydrogen-bond donors (Lipinski definition) is 0. The quantitative estimate of drug-likeness (QED) is 0.530. The first-order valence-electron chi connectivity index (χ1n) is 12.0. The molecule has 3 aliphatic heterocycles. The lowest BCUT2D eigenvalue weighted by Crippen LogP contribution is -2.54. The van der Waals surface area contributed by atoms with Crippen molar-refractivity contribution < 1.29 is 18.7 Å². The number of ether oxygens (including phenoxy) is 2. The largest absolute Gasteiger partial charge is 0.462 e. The summed E-state index contributed by atoms with van der Waals surface area (Å²) >= 11 is 0. The molecule has 6 rings (SSSR count). The van der Waals surface area contributed by atoms with E-state index in [9.17, 15) is 9.18 Å². The van der Waals surface area contributed by atoms with E-state index in [0.29, 0.717) is 5.92 Å². The van der Waals surface area contributed by atoms with E-state index in [1.807, 2.05) is 12.1 Å². The molecule has 2 aliphatic carbocycles. The summed E-state index contributed by atoms with van der Waals surface area (Å²) < 4.78 is 25.7. The minimum Gasteiger partial charge on any atom is -0.462 e. The summed E-state index contributed by atoms with van der Waals surface area (Å²) in [5.74, 6) is 0.443. The van der Waals surface area contributed by atoms with E-state index in [0.717, 1.165) is 38.0 Å². The summed E-state index contributed by atoms with van der Waals surface area (Å²) in [5.41, 5.74) is 2.46. The fourth-order valence-corrected chi connectivity index (χ4v) is 7.52. The number of nitrogens with zero attached hydrogens (tertiary/aromatic N) is 1. The molecular formula is C26H32FNO3. The summed E-state index contributed by atoms with van der Waals surface area (Å²) in [7, 11) is 0. The summed E-state index contributed by atoms with van der Waals surface area (Å²) in [5, 5.41) is 0. The maximum atomic E-state index is 13.2. The smallest absolute Gasteiger partial charge is 0.311 e. The summed E-state index contributed by atoms with van der Waals surface area (Å²) in [6.45, 7) is 7.19. The lowest BCUT2D eigenvalue weighted by Gasteiger charge is -2.49. The zero-order valence-corrected chi connectivity index (χ0v) is 18.5. The normalized spacial score (nSPS) is 44.0. The first-order valence-corrected chi connectivity index (χ1v) is 12.0. The van der Waals surface area contributed by atoms with Crippen LogP contribution in [0.5, 0.6) is 0 Å². The Hall–Kier alpha value is -1.72. The fourth-order valence-electron chi connectivity index (χ4n) is 7.52. The first-order chi connectivity index (χ1) is 14.9. The maximum absolute atomic E-state index is 13.2. The summed E-state index contributed by atoms with van der Waals surface area (Å²) in [6, 6.07) is 6.74. The van der Waals surface area contributed by atoms with Gasteiger partial charge in [0.05, 0.1) is 12.0 Å². The monoisotopic (exact) mass is 425 g/mol. The number of halogens is 1. The number of hydrogen-bond acceptors (Lipinski definition) is 4. The minimum absolute atomic E-state index is 0.0172. The molecule has 1 spiro atoms. The Bertz CT molecular complexity index is 929. The predicted molar refractivity (Wildman–Crippen MR) is 116 cm³/mol. The molecule has 0 bridgehead atoms. The molecule has 0 amide bonds. The molecule has 3 heterocycles. The van der Waals surface area contributed by atoms with Crippen molar-refractivity contribution in [1.29, 1.82) is 0 Å². The molecule has 1 unspecified atom stereocenters. The van der Waals surface area contributed by atoms with Crippen LogP contribution in [0.25, 0.3) is 5.57 Å². The Kier molecular flexibility index (Phi) is 4.43.